The van der Waals surface area contributed by atoms with Gasteiger partial charge in [-0.05, 0) is 37.3 Å². The molecule has 0 radical (unpaired) electrons. The molecule has 0 spiro atoms. The minimum absolute atomic E-state index is 0.0556. The molecule has 0 saturated carbocycles. The highest BCUT2D eigenvalue weighted by atomic mass is 32.2. The fourth-order valence-electron chi connectivity index (χ4n) is 2.69. The van der Waals surface area contributed by atoms with Gasteiger partial charge in [-0.15, -0.1) is 11.3 Å². The first-order valence-electron chi connectivity index (χ1n) is 8.26. The Balaban J connectivity index is 1.51. The lowest BCUT2D eigenvalue weighted by Crippen LogP contribution is -2.11. The molecule has 4 rings (SSSR count). The lowest BCUT2D eigenvalue weighted by molar-refractivity contribution is -0.384. The summed E-state index contributed by atoms with van der Waals surface area (Å²) >= 11 is 3.16. The van der Waals surface area contributed by atoms with Crippen molar-refractivity contribution in [2.45, 2.75) is 16.2 Å². The highest BCUT2D eigenvalue weighted by Crippen LogP contribution is 2.31. The number of aromatic amines is 1. The fourth-order valence-corrected chi connectivity index (χ4v) is 4.50. The van der Waals surface area contributed by atoms with Crippen LogP contribution in [0.25, 0.3) is 10.9 Å². The topological polar surface area (TPSA) is 101 Å². The van der Waals surface area contributed by atoms with Crippen molar-refractivity contribution in [2.24, 2.45) is 0 Å². The number of nitrogens with zero attached hydrogens (tertiary/aromatic N) is 2. The summed E-state index contributed by atoms with van der Waals surface area (Å²) < 4.78 is 0.967. The Hall–Kier alpha value is -3.17. The number of hydrogen-bond acceptors (Lipinski definition) is 6. The monoisotopic (exact) mass is 410 g/mol. The summed E-state index contributed by atoms with van der Waals surface area (Å²) in [5.41, 5.74) is 2.61. The Bertz CT molecular complexity index is 1180. The van der Waals surface area contributed by atoms with E-state index in [2.05, 4.69) is 15.3 Å². The van der Waals surface area contributed by atoms with E-state index in [0.29, 0.717) is 22.2 Å². The molecule has 0 unspecified atom stereocenters. The number of amides is 1. The van der Waals surface area contributed by atoms with Crippen molar-refractivity contribution < 1.29 is 9.72 Å². The molecule has 140 valence electrons. The molecule has 2 aromatic carbocycles. The highest BCUT2D eigenvalue weighted by Gasteiger charge is 2.15. The van der Waals surface area contributed by atoms with E-state index in [0.717, 1.165) is 14.9 Å². The summed E-state index contributed by atoms with van der Waals surface area (Å²) in [6.45, 7) is 1.96. The number of rotatable bonds is 5. The molecule has 4 aromatic rings. The van der Waals surface area contributed by atoms with Gasteiger partial charge in [-0.1, -0.05) is 11.8 Å². The average molecular weight is 410 g/mol. The Labute approximate surface area is 168 Å². The van der Waals surface area contributed by atoms with Crippen LogP contribution in [0.2, 0.25) is 0 Å². The van der Waals surface area contributed by atoms with Gasteiger partial charge in [0.25, 0.3) is 11.6 Å². The number of hydrogen-bond donors (Lipinski definition) is 2. The predicted octanol–water partition coefficient (Wildman–Crippen LogP) is 5.24. The molecule has 2 aromatic heterocycles. The van der Waals surface area contributed by atoms with Crippen LogP contribution in [0.4, 0.5) is 11.4 Å². The predicted molar refractivity (Wildman–Crippen MR) is 110 cm³/mol. The van der Waals surface area contributed by atoms with Crippen LogP contribution in [-0.4, -0.2) is 20.8 Å². The molecule has 7 nitrogen and oxygen atoms in total. The molecule has 0 saturated heterocycles. The maximum atomic E-state index is 12.6. The van der Waals surface area contributed by atoms with Gasteiger partial charge in [-0.3, -0.25) is 14.9 Å². The lowest BCUT2D eigenvalue weighted by atomic mass is 10.1. The van der Waals surface area contributed by atoms with Gasteiger partial charge in [0.05, 0.1) is 10.5 Å². The van der Waals surface area contributed by atoms with E-state index in [1.54, 1.807) is 35.4 Å². The number of aryl methyl sites for hydroxylation is 1. The van der Waals surface area contributed by atoms with Gasteiger partial charge in [0, 0.05) is 50.9 Å². The Morgan fingerprint density at radius 2 is 2.04 bits per heavy atom. The summed E-state index contributed by atoms with van der Waals surface area (Å²) in [6, 6.07) is 11.9. The van der Waals surface area contributed by atoms with E-state index in [4.69, 9.17) is 0 Å². The van der Waals surface area contributed by atoms with Crippen molar-refractivity contribution in [3.8, 4) is 0 Å². The molecule has 2 N–H and O–H groups in total. The minimum Gasteiger partial charge on any atom is -0.360 e. The molecule has 0 fully saturated rings. The molecule has 0 aliphatic heterocycles. The van der Waals surface area contributed by atoms with Crippen LogP contribution in [0.15, 0.2) is 63.3 Å². The number of benzene rings is 2. The van der Waals surface area contributed by atoms with E-state index in [-0.39, 0.29) is 11.6 Å². The third kappa shape index (κ3) is 3.75. The maximum absolute atomic E-state index is 12.6. The molecule has 0 atom stereocenters. The number of anilines is 1. The average Bonchev–Trinajstić information content (AvgIpc) is 3.28. The van der Waals surface area contributed by atoms with Gasteiger partial charge in [0.2, 0.25) is 0 Å². The number of carbonyl (C=O) groups excluding carboxylic acids is 1. The van der Waals surface area contributed by atoms with E-state index in [1.807, 2.05) is 36.6 Å². The van der Waals surface area contributed by atoms with Gasteiger partial charge >= 0.3 is 0 Å². The number of H-pyrrole nitrogens is 1. The van der Waals surface area contributed by atoms with Crippen molar-refractivity contribution in [1.82, 2.24) is 9.97 Å². The van der Waals surface area contributed by atoms with Crippen molar-refractivity contribution in [3.05, 3.63) is 75.4 Å². The van der Waals surface area contributed by atoms with Crippen LogP contribution < -0.4 is 5.32 Å². The number of nitro groups is 1. The van der Waals surface area contributed by atoms with Gasteiger partial charge < -0.3 is 10.3 Å². The third-order valence-corrected chi connectivity index (χ3v) is 6.10. The zero-order valence-electron chi connectivity index (χ0n) is 14.6. The van der Waals surface area contributed by atoms with Crippen LogP contribution in [0.5, 0.6) is 0 Å². The fraction of sp³-hybridized carbons (Fsp3) is 0.0526. The normalized spacial score (nSPS) is 10.9. The second-order valence-corrected chi connectivity index (χ2v) is 8.20. The SMILES string of the molecule is Cc1csc(Sc2ccc(NC(=O)c3c[nH]c4ccc([N+](=O)[O-])cc34)cc2)n1. The van der Waals surface area contributed by atoms with Crippen LogP contribution in [0.1, 0.15) is 16.1 Å². The van der Waals surface area contributed by atoms with E-state index < -0.39 is 4.92 Å². The number of aromatic nitrogens is 2. The molecule has 28 heavy (non-hydrogen) atoms. The summed E-state index contributed by atoms with van der Waals surface area (Å²) in [6.07, 6.45) is 1.55. The smallest absolute Gasteiger partial charge is 0.270 e. The first-order valence-corrected chi connectivity index (χ1v) is 9.96. The highest BCUT2D eigenvalue weighted by molar-refractivity contribution is 8.01. The summed E-state index contributed by atoms with van der Waals surface area (Å²) in [4.78, 5) is 31.6. The van der Waals surface area contributed by atoms with Gasteiger partial charge in [-0.2, -0.15) is 0 Å². The zero-order chi connectivity index (χ0) is 19.7. The molecular formula is C19H14N4O3S2. The van der Waals surface area contributed by atoms with E-state index in [9.17, 15) is 14.9 Å². The largest absolute Gasteiger partial charge is 0.360 e. The number of fused-ring (bicyclic) bond motifs is 1. The van der Waals surface area contributed by atoms with Crippen molar-refractivity contribution in [3.63, 3.8) is 0 Å². The summed E-state index contributed by atoms with van der Waals surface area (Å²) in [5, 5.41) is 16.3. The Kier molecular flexibility index (Phi) is 4.84. The molecule has 0 bridgehead atoms. The first-order chi connectivity index (χ1) is 13.5. The first kappa shape index (κ1) is 18.2. The van der Waals surface area contributed by atoms with Gasteiger partial charge in [0.15, 0.2) is 4.34 Å². The Morgan fingerprint density at radius 1 is 1.25 bits per heavy atom. The van der Waals surface area contributed by atoms with Crippen LogP contribution in [0, 0.1) is 17.0 Å². The lowest BCUT2D eigenvalue weighted by Gasteiger charge is -2.05. The summed E-state index contributed by atoms with van der Waals surface area (Å²) in [5.74, 6) is -0.331. The second-order valence-electron chi connectivity index (χ2n) is 6.02. The number of nitrogens with one attached hydrogen (secondary N) is 2. The molecule has 0 aliphatic rings. The molecule has 1 amide bonds. The van der Waals surface area contributed by atoms with Crippen molar-refractivity contribution >= 4 is 51.3 Å². The number of thiazole rings is 1. The number of nitro benzene ring substituents is 1. The molecule has 0 aliphatic carbocycles. The maximum Gasteiger partial charge on any atom is 0.270 e. The van der Waals surface area contributed by atoms with Crippen molar-refractivity contribution in [1.29, 1.82) is 0 Å². The van der Waals surface area contributed by atoms with E-state index >= 15 is 0 Å². The number of carbonyl (C=O) groups is 1. The Morgan fingerprint density at radius 3 is 2.71 bits per heavy atom. The summed E-state index contributed by atoms with van der Waals surface area (Å²) in [7, 11) is 0. The number of non-ortho nitro benzene ring substituents is 1. The molecule has 9 heteroatoms. The minimum atomic E-state index is -0.478. The van der Waals surface area contributed by atoms with Gasteiger partial charge in [-0.25, -0.2) is 4.98 Å². The van der Waals surface area contributed by atoms with Crippen molar-refractivity contribution in [2.75, 3.05) is 5.32 Å². The van der Waals surface area contributed by atoms with Crippen LogP contribution in [0.3, 0.4) is 0 Å². The molecular weight excluding hydrogens is 396 g/mol. The van der Waals surface area contributed by atoms with Crippen LogP contribution >= 0.6 is 23.1 Å². The molecule has 2 heterocycles. The zero-order valence-corrected chi connectivity index (χ0v) is 16.3. The third-order valence-electron chi connectivity index (χ3n) is 4.04. The second kappa shape index (κ2) is 7.45. The van der Waals surface area contributed by atoms with Gasteiger partial charge in [0.1, 0.15) is 0 Å². The standard InChI is InChI=1S/C19H14N4O3S2/c1-11-10-27-19(21-11)28-14-5-2-12(3-6-14)22-18(24)16-9-20-17-7-4-13(23(25)26)8-15(16)17/h2-10,20H,1H3,(H,22,24). The quantitative estimate of drug-likeness (QED) is 0.346. The van der Waals surface area contributed by atoms with Crippen LogP contribution in [-0.2, 0) is 0 Å². The van der Waals surface area contributed by atoms with E-state index in [1.165, 1.54) is 12.1 Å².